The van der Waals surface area contributed by atoms with Crippen LogP contribution in [0.4, 0.5) is 0 Å². The Kier molecular flexibility index (Phi) is 4.99. The number of rotatable bonds is 5. The molecule has 0 aromatic heterocycles. The van der Waals surface area contributed by atoms with Gasteiger partial charge in [0.15, 0.2) is 0 Å². The monoisotopic (exact) mass is 274 g/mol. The van der Waals surface area contributed by atoms with Gasteiger partial charge in [0.1, 0.15) is 0 Å². The van der Waals surface area contributed by atoms with Gasteiger partial charge in [-0.05, 0) is 23.3 Å². The number of esters is 1. The minimum absolute atomic E-state index is 0.288. The largest absolute Gasteiger partial charge is 0.462 e. The topological polar surface area (TPSA) is 26.3 Å². The van der Waals surface area contributed by atoms with E-state index >= 15 is 0 Å². The number of hydrogen-bond acceptors (Lipinski definition) is 2. The predicted octanol–water partition coefficient (Wildman–Crippen LogP) is 3.82. The molecule has 0 saturated carbocycles. The van der Waals surface area contributed by atoms with E-state index in [4.69, 9.17) is 16.3 Å². The molecule has 0 radical (unpaired) electrons. The van der Waals surface area contributed by atoms with Gasteiger partial charge in [-0.2, -0.15) is 0 Å². The summed E-state index contributed by atoms with van der Waals surface area (Å²) in [6.45, 7) is 0.363. The Labute approximate surface area is 118 Å². The summed E-state index contributed by atoms with van der Waals surface area (Å²) in [5, 5.41) is 0. The number of halogens is 1. The van der Waals surface area contributed by atoms with Crippen LogP contribution in [-0.2, 0) is 17.0 Å². The van der Waals surface area contributed by atoms with Crippen LogP contribution in [0.15, 0.2) is 54.6 Å². The van der Waals surface area contributed by atoms with Crippen LogP contribution in [0, 0.1) is 0 Å². The summed E-state index contributed by atoms with van der Waals surface area (Å²) >= 11 is 5.86. The highest BCUT2D eigenvalue weighted by Crippen LogP contribution is 2.12. The van der Waals surface area contributed by atoms with Crippen molar-refractivity contribution in [2.45, 2.75) is 12.3 Å². The fourth-order valence-corrected chi connectivity index (χ4v) is 2.10. The van der Waals surface area contributed by atoms with Gasteiger partial charge in [-0.25, -0.2) is 4.79 Å². The third-order valence-corrected chi connectivity index (χ3v) is 3.16. The molecule has 0 bridgehead atoms. The van der Waals surface area contributed by atoms with E-state index in [1.165, 1.54) is 0 Å². The molecule has 0 spiro atoms. The first-order valence-electron chi connectivity index (χ1n) is 6.16. The van der Waals surface area contributed by atoms with Gasteiger partial charge < -0.3 is 4.74 Å². The predicted molar refractivity (Wildman–Crippen MR) is 76.4 cm³/mol. The standard InChI is InChI=1S/C16H15ClO2/c17-12-15-9-5-4-6-13(15)10-11-19-16(18)14-7-2-1-3-8-14/h1-9H,10-12H2. The normalized spacial score (nSPS) is 10.2. The molecule has 19 heavy (non-hydrogen) atoms. The number of ether oxygens (including phenoxy) is 1. The van der Waals surface area contributed by atoms with Gasteiger partial charge in [0.2, 0.25) is 0 Å². The summed E-state index contributed by atoms with van der Waals surface area (Å²) in [6.07, 6.45) is 0.682. The molecule has 0 amide bonds. The zero-order valence-corrected chi connectivity index (χ0v) is 11.3. The molecular weight excluding hydrogens is 260 g/mol. The van der Waals surface area contributed by atoms with Crippen molar-refractivity contribution in [3.05, 3.63) is 71.3 Å². The maximum atomic E-state index is 11.7. The molecule has 0 fully saturated rings. The molecule has 0 aliphatic rings. The summed E-state index contributed by atoms with van der Waals surface area (Å²) in [6, 6.07) is 16.9. The van der Waals surface area contributed by atoms with Crippen molar-refractivity contribution >= 4 is 17.6 Å². The van der Waals surface area contributed by atoms with Crippen LogP contribution in [0.25, 0.3) is 0 Å². The summed E-state index contributed by atoms with van der Waals surface area (Å²) in [4.78, 5) is 11.7. The van der Waals surface area contributed by atoms with Gasteiger partial charge in [0, 0.05) is 12.3 Å². The lowest BCUT2D eigenvalue weighted by atomic mass is 10.1. The molecule has 0 aliphatic heterocycles. The molecule has 0 unspecified atom stereocenters. The molecule has 0 aliphatic carbocycles. The van der Waals surface area contributed by atoms with Crippen molar-refractivity contribution in [2.75, 3.05) is 6.61 Å². The van der Waals surface area contributed by atoms with Crippen LogP contribution in [0.1, 0.15) is 21.5 Å². The zero-order chi connectivity index (χ0) is 13.5. The highest BCUT2D eigenvalue weighted by molar-refractivity contribution is 6.17. The van der Waals surface area contributed by atoms with Crippen LogP contribution < -0.4 is 0 Å². The molecule has 0 saturated heterocycles. The van der Waals surface area contributed by atoms with Crippen LogP contribution >= 0.6 is 11.6 Å². The smallest absolute Gasteiger partial charge is 0.338 e. The Hall–Kier alpha value is -1.80. The van der Waals surface area contributed by atoms with Crippen molar-refractivity contribution in [1.82, 2.24) is 0 Å². The highest BCUT2D eigenvalue weighted by Gasteiger charge is 2.06. The molecule has 0 N–H and O–H groups in total. The van der Waals surface area contributed by atoms with Gasteiger partial charge in [-0.1, -0.05) is 42.5 Å². The zero-order valence-electron chi connectivity index (χ0n) is 10.5. The van der Waals surface area contributed by atoms with Crippen molar-refractivity contribution in [3.8, 4) is 0 Å². The first-order chi connectivity index (χ1) is 9.31. The summed E-state index contributed by atoms with van der Waals surface area (Å²) in [5.41, 5.74) is 2.78. The average Bonchev–Trinajstić information content (AvgIpc) is 2.48. The quantitative estimate of drug-likeness (QED) is 0.612. The first-order valence-corrected chi connectivity index (χ1v) is 6.69. The van der Waals surface area contributed by atoms with Gasteiger partial charge in [0.25, 0.3) is 0 Å². The lowest BCUT2D eigenvalue weighted by molar-refractivity contribution is 0.0509. The van der Waals surface area contributed by atoms with E-state index in [1.54, 1.807) is 12.1 Å². The summed E-state index contributed by atoms with van der Waals surface area (Å²) in [5.74, 6) is 0.187. The van der Waals surface area contributed by atoms with E-state index in [-0.39, 0.29) is 5.97 Å². The molecule has 3 heteroatoms. The number of carbonyl (C=O) groups excluding carboxylic acids is 1. The van der Waals surface area contributed by atoms with E-state index in [0.29, 0.717) is 24.5 Å². The SMILES string of the molecule is O=C(OCCc1ccccc1CCl)c1ccccc1. The number of hydrogen-bond donors (Lipinski definition) is 0. The fraction of sp³-hybridized carbons (Fsp3) is 0.188. The Morgan fingerprint density at radius 1 is 0.947 bits per heavy atom. The molecule has 98 valence electrons. The minimum atomic E-state index is -0.288. The van der Waals surface area contributed by atoms with E-state index in [2.05, 4.69) is 0 Å². The lowest BCUT2D eigenvalue weighted by Gasteiger charge is -2.08. The van der Waals surface area contributed by atoms with Gasteiger partial charge in [0.05, 0.1) is 12.2 Å². The Balaban J connectivity index is 1.88. The van der Waals surface area contributed by atoms with Crippen molar-refractivity contribution in [1.29, 1.82) is 0 Å². The maximum Gasteiger partial charge on any atom is 0.338 e. The van der Waals surface area contributed by atoms with Gasteiger partial charge >= 0.3 is 5.97 Å². The third kappa shape index (κ3) is 3.83. The first kappa shape index (κ1) is 13.6. The van der Waals surface area contributed by atoms with Crippen LogP contribution in [0.5, 0.6) is 0 Å². The number of alkyl halides is 1. The Morgan fingerprint density at radius 3 is 2.26 bits per heavy atom. The number of benzene rings is 2. The van der Waals surface area contributed by atoms with Crippen molar-refractivity contribution in [2.24, 2.45) is 0 Å². The summed E-state index contributed by atoms with van der Waals surface area (Å²) in [7, 11) is 0. The van der Waals surface area contributed by atoms with E-state index < -0.39 is 0 Å². The molecular formula is C16H15ClO2. The van der Waals surface area contributed by atoms with Gasteiger partial charge in [-0.3, -0.25) is 0 Å². The van der Waals surface area contributed by atoms with E-state index in [0.717, 1.165) is 11.1 Å². The average molecular weight is 275 g/mol. The third-order valence-electron chi connectivity index (χ3n) is 2.88. The van der Waals surface area contributed by atoms with E-state index in [9.17, 15) is 4.79 Å². The second-order valence-corrected chi connectivity index (χ2v) is 4.42. The molecule has 2 aromatic carbocycles. The van der Waals surface area contributed by atoms with Crippen LogP contribution in [0.3, 0.4) is 0 Å². The molecule has 2 rings (SSSR count). The minimum Gasteiger partial charge on any atom is -0.462 e. The Bertz CT molecular complexity index is 537. The molecule has 2 nitrogen and oxygen atoms in total. The van der Waals surface area contributed by atoms with Gasteiger partial charge in [-0.15, -0.1) is 11.6 Å². The molecule has 0 heterocycles. The second kappa shape index (κ2) is 6.95. The highest BCUT2D eigenvalue weighted by atomic mass is 35.5. The lowest BCUT2D eigenvalue weighted by Crippen LogP contribution is -2.08. The van der Waals surface area contributed by atoms with E-state index in [1.807, 2.05) is 42.5 Å². The van der Waals surface area contributed by atoms with Crippen molar-refractivity contribution < 1.29 is 9.53 Å². The fourth-order valence-electron chi connectivity index (χ4n) is 1.84. The van der Waals surface area contributed by atoms with Crippen LogP contribution in [0.2, 0.25) is 0 Å². The second-order valence-electron chi connectivity index (χ2n) is 4.15. The van der Waals surface area contributed by atoms with Crippen molar-refractivity contribution in [3.63, 3.8) is 0 Å². The Morgan fingerprint density at radius 2 is 1.58 bits per heavy atom. The number of carbonyl (C=O) groups is 1. The molecule has 0 atom stereocenters. The molecule has 2 aromatic rings. The van der Waals surface area contributed by atoms with Crippen LogP contribution in [-0.4, -0.2) is 12.6 Å². The maximum absolute atomic E-state index is 11.7. The summed E-state index contributed by atoms with van der Waals surface area (Å²) < 4.78 is 5.25.